The van der Waals surface area contributed by atoms with Crippen molar-refractivity contribution in [2.45, 2.75) is 65.2 Å². The molecule has 0 spiro atoms. The van der Waals surface area contributed by atoms with Crippen molar-refractivity contribution in [3.8, 4) is 0 Å². The van der Waals surface area contributed by atoms with Gasteiger partial charge in [-0.25, -0.2) is 0 Å². The van der Waals surface area contributed by atoms with Gasteiger partial charge in [0, 0.05) is 0 Å². The molecule has 0 bridgehead atoms. The van der Waals surface area contributed by atoms with Crippen LogP contribution in [0, 0.1) is 0 Å². The molecule has 0 amide bonds. The van der Waals surface area contributed by atoms with Crippen molar-refractivity contribution in [3.63, 3.8) is 0 Å². The van der Waals surface area contributed by atoms with Gasteiger partial charge in [-0.15, -0.1) is 0 Å². The standard InChI is InChI=1S/C14H26O4/c1-3-5-7-8-12-18-14(16)10-9-13(15)17-11-6-4-2/h3-12H2,1-2H3. The smallest absolute Gasteiger partial charge is 0.306 e. The van der Waals surface area contributed by atoms with E-state index >= 15 is 0 Å². The summed E-state index contributed by atoms with van der Waals surface area (Å²) in [5, 5.41) is 0. The van der Waals surface area contributed by atoms with E-state index in [1.807, 2.05) is 6.92 Å². The first-order chi connectivity index (χ1) is 8.70. The fourth-order valence-electron chi connectivity index (χ4n) is 1.39. The maximum atomic E-state index is 11.3. The Morgan fingerprint density at radius 2 is 1.22 bits per heavy atom. The molecule has 0 atom stereocenters. The number of carbonyl (C=O) groups excluding carboxylic acids is 2. The predicted molar refractivity (Wildman–Crippen MR) is 70.2 cm³/mol. The lowest BCUT2D eigenvalue weighted by Gasteiger charge is -2.05. The van der Waals surface area contributed by atoms with Crippen LogP contribution in [-0.2, 0) is 19.1 Å². The highest BCUT2D eigenvalue weighted by Gasteiger charge is 2.08. The molecule has 0 saturated carbocycles. The summed E-state index contributed by atoms with van der Waals surface area (Å²) in [6.07, 6.45) is 6.43. The van der Waals surface area contributed by atoms with E-state index in [0.717, 1.165) is 32.1 Å². The Labute approximate surface area is 110 Å². The van der Waals surface area contributed by atoms with Gasteiger partial charge < -0.3 is 9.47 Å². The number of carbonyl (C=O) groups is 2. The molecule has 0 aromatic heterocycles. The van der Waals surface area contributed by atoms with Gasteiger partial charge in [-0.3, -0.25) is 9.59 Å². The Balaban J connectivity index is 3.37. The van der Waals surface area contributed by atoms with Crippen LogP contribution in [0.5, 0.6) is 0 Å². The maximum absolute atomic E-state index is 11.3. The third-order valence-electron chi connectivity index (χ3n) is 2.56. The van der Waals surface area contributed by atoms with Gasteiger partial charge in [-0.1, -0.05) is 39.5 Å². The zero-order valence-electron chi connectivity index (χ0n) is 11.7. The van der Waals surface area contributed by atoms with Crippen LogP contribution in [0.3, 0.4) is 0 Å². The van der Waals surface area contributed by atoms with Crippen LogP contribution < -0.4 is 0 Å². The molecule has 4 heteroatoms. The number of rotatable bonds is 11. The minimum atomic E-state index is -0.314. The molecular formula is C14H26O4. The normalized spacial score (nSPS) is 10.1. The molecule has 0 fully saturated rings. The molecule has 106 valence electrons. The van der Waals surface area contributed by atoms with Crippen LogP contribution in [0.2, 0.25) is 0 Å². The van der Waals surface area contributed by atoms with Gasteiger partial charge in [0.05, 0.1) is 26.1 Å². The summed E-state index contributed by atoms with van der Waals surface area (Å²) in [6.45, 7) is 5.07. The number of ether oxygens (including phenoxy) is 2. The number of hydrogen-bond acceptors (Lipinski definition) is 4. The summed E-state index contributed by atoms with van der Waals surface area (Å²) >= 11 is 0. The van der Waals surface area contributed by atoms with Gasteiger partial charge in [0.15, 0.2) is 0 Å². The minimum absolute atomic E-state index is 0.123. The van der Waals surface area contributed by atoms with E-state index in [1.165, 1.54) is 6.42 Å². The second-order valence-corrected chi connectivity index (χ2v) is 4.36. The van der Waals surface area contributed by atoms with Crippen LogP contribution in [-0.4, -0.2) is 25.2 Å². The van der Waals surface area contributed by atoms with Gasteiger partial charge in [-0.05, 0) is 12.8 Å². The van der Waals surface area contributed by atoms with Crippen molar-refractivity contribution in [2.24, 2.45) is 0 Å². The first-order valence-corrected chi connectivity index (χ1v) is 7.02. The van der Waals surface area contributed by atoms with Crippen LogP contribution in [0.4, 0.5) is 0 Å². The van der Waals surface area contributed by atoms with E-state index in [9.17, 15) is 9.59 Å². The zero-order chi connectivity index (χ0) is 13.6. The quantitative estimate of drug-likeness (QED) is 0.422. The van der Waals surface area contributed by atoms with E-state index in [0.29, 0.717) is 13.2 Å². The minimum Gasteiger partial charge on any atom is -0.466 e. The highest BCUT2D eigenvalue weighted by molar-refractivity contribution is 5.77. The van der Waals surface area contributed by atoms with E-state index in [2.05, 4.69) is 6.92 Å². The van der Waals surface area contributed by atoms with Crippen LogP contribution >= 0.6 is 0 Å². The Hall–Kier alpha value is -1.06. The largest absolute Gasteiger partial charge is 0.466 e. The molecule has 0 N–H and O–H groups in total. The molecular weight excluding hydrogens is 232 g/mol. The summed E-state index contributed by atoms with van der Waals surface area (Å²) < 4.78 is 9.96. The summed E-state index contributed by atoms with van der Waals surface area (Å²) in [5.74, 6) is -0.620. The first kappa shape index (κ1) is 16.9. The van der Waals surface area contributed by atoms with E-state index in [-0.39, 0.29) is 24.8 Å². The molecule has 0 aliphatic rings. The van der Waals surface area contributed by atoms with E-state index in [4.69, 9.17) is 9.47 Å². The summed E-state index contributed by atoms with van der Waals surface area (Å²) in [5.41, 5.74) is 0. The Morgan fingerprint density at radius 3 is 1.72 bits per heavy atom. The Bertz CT molecular complexity index is 226. The van der Waals surface area contributed by atoms with Gasteiger partial charge >= 0.3 is 11.9 Å². The van der Waals surface area contributed by atoms with Crippen LogP contribution in [0.25, 0.3) is 0 Å². The molecule has 0 rings (SSSR count). The molecule has 0 saturated heterocycles. The summed E-state index contributed by atoms with van der Waals surface area (Å²) in [4.78, 5) is 22.5. The Morgan fingerprint density at radius 1 is 0.722 bits per heavy atom. The van der Waals surface area contributed by atoms with Gasteiger partial charge in [0.25, 0.3) is 0 Å². The number of hydrogen-bond donors (Lipinski definition) is 0. The second-order valence-electron chi connectivity index (χ2n) is 4.36. The average molecular weight is 258 g/mol. The molecule has 0 radical (unpaired) electrons. The molecule has 18 heavy (non-hydrogen) atoms. The van der Waals surface area contributed by atoms with Crippen LogP contribution in [0.15, 0.2) is 0 Å². The molecule has 0 aromatic carbocycles. The van der Waals surface area contributed by atoms with Gasteiger partial charge in [0.1, 0.15) is 0 Å². The second kappa shape index (κ2) is 12.4. The van der Waals surface area contributed by atoms with Crippen molar-refractivity contribution >= 4 is 11.9 Å². The van der Waals surface area contributed by atoms with E-state index < -0.39 is 0 Å². The molecule has 0 aliphatic carbocycles. The van der Waals surface area contributed by atoms with Crippen molar-refractivity contribution in [1.29, 1.82) is 0 Å². The first-order valence-electron chi connectivity index (χ1n) is 7.02. The third-order valence-corrected chi connectivity index (χ3v) is 2.56. The average Bonchev–Trinajstić information content (AvgIpc) is 2.36. The van der Waals surface area contributed by atoms with E-state index in [1.54, 1.807) is 0 Å². The Kier molecular flexibility index (Phi) is 11.7. The summed E-state index contributed by atoms with van der Waals surface area (Å²) in [6, 6.07) is 0. The van der Waals surface area contributed by atoms with Crippen molar-refractivity contribution in [2.75, 3.05) is 13.2 Å². The molecule has 0 unspecified atom stereocenters. The molecule has 4 nitrogen and oxygen atoms in total. The monoisotopic (exact) mass is 258 g/mol. The van der Waals surface area contributed by atoms with Crippen LogP contribution in [0.1, 0.15) is 65.2 Å². The molecule has 0 heterocycles. The number of unbranched alkanes of at least 4 members (excludes halogenated alkanes) is 4. The highest BCUT2D eigenvalue weighted by Crippen LogP contribution is 2.01. The van der Waals surface area contributed by atoms with Crippen molar-refractivity contribution in [3.05, 3.63) is 0 Å². The topological polar surface area (TPSA) is 52.6 Å². The SMILES string of the molecule is CCCCCCOC(=O)CCC(=O)OCCCC. The maximum Gasteiger partial charge on any atom is 0.306 e. The zero-order valence-corrected chi connectivity index (χ0v) is 11.7. The number of esters is 2. The molecule has 0 aliphatic heterocycles. The van der Waals surface area contributed by atoms with Crippen molar-refractivity contribution < 1.29 is 19.1 Å². The molecule has 0 aromatic rings. The summed E-state index contributed by atoms with van der Waals surface area (Å²) in [7, 11) is 0. The van der Waals surface area contributed by atoms with Gasteiger partial charge in [-0.2, -0.15) is 0 Å². The fraction of sp³-hybridized carbons (Fsp3) is 0.857. The van der Waals surface area contributed by atoms with Gasteiger partial charge in [0.2, 0.25) is 0 Å². The predicted octanol–water partition coefficient (Wildman–Crippen LogP) is 3.23. The lowest BCUT2D eigenvalue weighted by Crippen LogP contribution is -2.11. The third kappa shape index (κ3) is 11.4. The lowest BCUT2D eigenvalue weighted by atomic mass is 10.2. The lowest BCUT2D eigenvalue weighted by molar-refractivity contribution is -0.150. The van der Waals surface area contributed by atoms with Crippen molar-refractivity contribution in [1.82, 2.24) is 0 Å². The fourth-order valence-corrected chi connectivity index (χ4v) is 1.39. The highest BCUT2D eigenvalue weighted by atomic mass is 16.5.